The van der Waals surface area contributed by atoms with E-state index >= 15 is 0 Å². The van der Waals surface area contributed by atoms with Crippen molar-refractivity contribution in [3.05, 3.63) is 75.0 Å². The minimum absolute atomic E-state index is 0.0957. The second-order valence-electron chi connectivity index (χ2n) is 4.79. The molecule has 0 saturated heterocycles. The van der Waals surface area contributed by atoms with Crippen LogP contribution in [0.3, 0.4) is 0 Å². The van der Waals surface area contributed by atoms with E-state index in [0.717, 1.165) is 11.4 Å². The van der Waals surface area contributed by atoms with Crippen molar-refractivity contribution in [2.24, 2.45) is 0 Å². The molecule has 0 aliphatic heterocycles. The van der Waals surface area contributed by atoms with Crippen LogP contribution in [0.15, 0.2) is 64.2 Å². The minimum atomic E-state index is -0.817. The lowest BCUT2D eigenvalue weighted by molar-refractivity contribution is 0.465. The molecule has 0 atom stereocenters. The van der Waals surface area contributed by atoms with Gasteiger partial charge in [0.2, 0.25) is 5.43 Å². The van der Waals surface area contributed by atoms with Gasteiger partial charge in [-0.1, -0.05) is 36.4 Å². The molecular formula is C17H13NO3. The topological polar surface area (TPSA) is 57.6 Å². The molecule has 0 amide bonds. The highest BCUT2D eigenvalue weighted by atomic mass is 16.3. The van der Waals surface area contributed by atoms with E-state index in [2.05, 4.69) is 0 Å². The zero-order chi connectivity index (χ0) is 15.0. The van der Waals surface area contributed by atoms with Crippen molar-refractivity contribution in [1.29, 1.82) is 0 Å². The second kappa shape index (κ2) is 4.90. The third-order valence-corrected chi connectivity index (χ3v) is 3.56. The quantitative estimate of drug-likeness (QED) is 0.748. The maximum absolute atomic E-state index is 11.7. The molecule has 0 fully saturated rings. The van der Waals surface area contributed by atoms with Gasteiger partial charge >= 0.3 is 0 Å². The molecule has 4 nitrogen and oxygen atoms in total. The molecule has 0 unspecified atom stereocenters. The maximum atomic E-state index is 11.7. The summed E-state index contributed by atoms with van der Waals surface area (Å²) in [5.74, 6) is -0.450. The average molecular weight is 279 g/mol. The van der Waals surface area contributed by atoms with E-state index in [-0.39, 0.29) is 5.56 Å². The minimum Gasteiger partial charge on any atom is -0.503 e. The van der Waals surface area contributed by atoms with Crippen molar-refractivity contribution in [2.45, 2.75) is 0 Å². The smallest absolute Gasteiger partial charge is 0.268 e. The number of anilines is 2. The number of hydrogen-bond acceptors (Lipinski definition) is 4. The first-order valence-corrected chi connectivity index (χ1v) is 6.51. The number of aromatic hydroxyl groups is 1. The first-order chi connectivity index (χ1) is 10.1. The fourth-order valence-corrected chi connectivity index (χ4v) is 2.40. The number of para-hydroxylation sites is 2. The van der Waals surface area contributed by atoms with Gasteiger partial charge in [-0.25, -0.2) is 0 Å². The monoisotopic (exact) mass is 279 g/mol. The van der Waals surface area contributed by atoms with Gasteiger partial charge in [0.15, 0.2) is 5.75 Å². The highest BCUT2D eigenvalue weighted by molar-refractivity contribution is 5.86. The van der Waals surface area contributed by atoms with Crippen LogP contribution in [0.1, 0.15) is 0 Å². The van der Waals surface area contributed by atoms with Gasteiger partial charge in [0.05, 0.1) is 5.56 Å². The number of rotatable bonds is 3. The van der Waals surface area contributed by atoms with Gasteiger partial charge in [0.1, 0.15) is 0 Å². The highest BCUT2D eigenvalue weighted by Gasteiger charge is 2.24. The third kappa shape index (κ3) is 2.01. The Morgan fingerprint density at radius 2 is 1.48 bits per heavy atom. The van der Waals surface area contributed by atoms with E-state index in [9.17, 15) is 14.7 Å². The summed E-state index contributed by atoms with van der Waals surface area (Å²) in [5, 5.41) is 9.67. The average Bonchev–Trinajstić information content (AvgIpc) is 2.55. The first-order valence-electron chi connectivity index (χ1n) is 6.51. The molecule has 0 bridgehead atoms. The van der Waals surface area contributed by atoms with Gasteiger partial charge in [0.25, 0.3) is 5.43 Å². The lowest BCUT2D eigenvalue weighted by Gasteiger charge is -2.23. The summed E-state index contributed by atoms with van der Waals surface area (Å²) in [6.45, 7) is 0. The molecule has 0 aliphatic carbocycles. The fourth-order valence-electron chi connectivity index (χ4n) is 2.40. The van der Waals surface area contributed by atoms with Crippen LogP contribution in [0.5, 0.6) is 5.75 Å². The van der Waals surface area contributed by atoms with Crippen LogP contribution in [-0.4, -0.2) is 12.2 Å². The zero-order valence-corrected chi connectivity index (χ0v) is 11.4. The predicted octanol–water partition coefficient (Wildman–Crippen LogP) is 2.42. The van der Waals surface area contributed by atoms with Gasteiger partial charge in [-0.3, -0.25) is 9.59 Å². The number of nitrogens with zero attached hydrogens (tertiary/aromatic N) is 1. The van der Waals surface area contributed by atoms with E-state index in [1.54, 1.807) is 12.1 Å². The molecule has 1 N–H and O–H groups in total. The summed E-state index contributed by atoms with van der Waals surface area (Å²) in [6.07, 6.45) is 0. The molecule has 21 heavy (non-hydrogen) atoms. The summed E-state index contributed by atoms with van der Waals surface area (Å²) < 4.78 is 0. The van der Waals surface area contributed by atoms with Gasteiger partial charge in [-0.2, -0.15) is 0 Å². The molecule has 4 heteroatoms. The van der Waals surface area contributed by atoms with Crippen molar-refractivity contribution in [1.82, 2.24) is 0 Å². The highest BCUT2D eigenvalue weighted by Crippen LogP contribution is 2.35. The van der Waals surface area contributed by atoms with E-state index < -0.39 is 16.6 Å². The number of hydrogen-bond donors (Lipinski definition) is 1. The van der Waals surface area contributed by atoms with E-state index in [1.807, 2.05) is 54.4 Å². The lowest BCUT2D eigenvalue weighted by atomic mass is 9.97. The molecule has 0 radical (unpaired) electrons. The Morgan fingerprint density at radius 1 is 0.857 bits per heavy atom. The molecule has 0 heterocycles. The van der Waals surface area contributed by atoms with Crippen molar-refractivity contribution in [3.8, 4) is 16.9 Å². The van der Waals surface area contributed by atoms with Crippen LogP contribution in [0, 0.1) is 0 Å². The Balaban J connectivity index is 2.14. The van der Waals surface area contributed by atoms with E-state index in [4.69, 9.17) is 0 Å². The Hall–Kier alpha value is -2.88. The Morgan fingerprint density at radius 3 is 2.14 bits per heavy atom. The molecule has 3 aromatic carbocycles. The Kier molecular flexibility index (Phi) is 3.06. The van der Waals surface area contributed by atoms with E-state index in [1.165, 1.54) is 0 Å². The largest absolute Gasteiger partial charge is 0.503 e. The van der Waals surface area contributed by atoms with E-state index in [0.29, 0.717) is 5.56 Å². The molecule has 3 aromatic rings. The SMILES string of the molecule is CN(c1ccccc1)c1ccccc1-c1c(O)c(=O)c1=O. The van der Waals surface area contributed by atoms with Crippen LogP contribution in [0.2, 0.25) is 0 Å². The molecule has 0 spiro atoms. The lowest BCUT2D eigenvalue weighted by Crippen LogP contribution is -2.32. The maximum Gasteiger partial charge on any atom is 0.268 e. The Labute approximate surface area is 121 Å². The summed E-state index contributed by atoms with van der Waals surface area (Å²) in [7, 11) is 1.87. The third-order valence-electron chi connectivity index (χ3n) is 3.56. The van der Waals surface area contributed by atoms with Crippen LogP contribution >= 0.6 is 0 Å². The van der Waals surface area contributed by atoms with Crippen LogP contribution in [-0.2, 0) is 0 Å². The van der Waals surface area contributed by atoms with Gasteiger partial charge in [0, 0.05) is 24.0 Å². The van der Waals surface area contributed by atoms with Crippen LogP contribution in [0.25, 0.3) is 11.1 Å². The summed E-state index contributed by atoms with van der Waals surface area (Å²) in [6, 6.07) is 16.8. The summed E-state index contributed by atoms with van der Waals surface area (Å²) in [4.78, 5) is 24.8. The fraction of sp³-hybridized carbons (Fsp3) is 0.0588. The normalized spacial score (nSPS) is 10.7. The molecular weight excluding hydrogens is 266 g/mol. The second-order valence-corrected chi connectivity index (χ2v) is 4.79. The Bertz CT molecular complexity index is 861. The van der Waals surface area contributed by atoms with Gasteiger partial charge in [-0.05, 0) is 18.2 Å². The molecule has 0 aliphatic rings. The van der Waals surface area contributed by atoms with Crippen molar-refractivity contribution in [2.75, 3.05) is 11.9 Å². The van der Waals surface area contributed by atoms with Crippen molar-refractivity contribution < 1.29 is 5.11 Å². The molecule has 0 saturated carbocycles. The standard InChI is InChI=1S/C17H13NO3/c1-18(11-7-3-2-4-8-11)13-10-6-5-9-12(13)14-15(19)17(21)16(14)20/h2-10,19H,1H3. The zero-order valence-electron chi connectivity index (χ0n) is 11.4. The van der Waals surface area contributed by atoms with Crippen LogP contribution < -0.4 is 15.8 Å². The summed E-state index contributed by atoms with van der Waals surface area (Å²) in [5.41, 5.74) is 0.905. The molecule has 0 aromatic heterocycles. The van der Waals surface area contributed by atoms with Crippen molar-refractivity contribution in [3.63, 3.8) is 0 Å². The van der Waals surface area contributed by atoms with Gasteiger partial charge < -0.3 is 10.0 Å². The first kappa shape index (κ1) is 13.1. The summed E-state index contributed by atoms with van der Waals surface area (Å²) >= 11 is 0. The predicted molar refractivity (Wildman–Crippen MR) is 83.0 cm³/mol. The molecule has 104 valence electrons. The number of benzene rings is 2. The van der Waals surface area contributed by atoms with Crippen LogP contribution in [0.4, 0.5) is 11.4 Å². The van der Waals surface area contributed by atoms with Gasteiger partial charge in [-0.15, -0.1) is 0 Å². The molecule has 3 rings (SSSR count). The van der Waals surface area contributed by atoms with Crippen molar-refractivity contribution >= 4 is 11.4 Å².